The molecule has 430 valence electrons. The second kappa shape index (κ2) is 21.5. The van der Waals surface area contributed by atoms with Crippen molar-refractivity contribution >= 4 is 48.7 Å². The van der Waals surface area contributed by atoms with E-state index >= 15 is 4.79 Å². The van der Waals surface area contributed by atoms with Gasteiger partial charge in [-0.25, -0.2) is 0 Å². The molecule has 0 amide bonds. The predicted molar refractivity (Wildman–Crippen MR) is 311 cm³/mol. The van der Waals surface area contributed by atoms with Gasteiger partial charge >= 0.3 is 23.9 Å². The molecule has 0 aliphatic carbocycles. The summed E-state index contributed by atoms with van der Waals surface area (Å²) < 4.78 is 25.1. The number of aliphatic imine (C=N–C) groups is 4. The van der Waals surface area contributed by atoms with E-state index in [2.05, 4.69) is 51.5 Å². The number of benzene rings is 4. The Hall–Kier alpha value is -7.36. The van der Waals surface area contributed by atoms with E-state index in [1.807, 2.05) is 34.6 Å². The van der Waals surface area contributed by atoms with Gasteiger partial charge in [0.25, 0.3) is 0 Å². The number of hydrogen-bond acceptors (Lipinski definition) is 16. The standard InChI is InChI=1S/C65H78N4O12/c1-12-63-18-14-50(70)78-42-26-38(54(74)46(30-42)59(3,4)5)34-66-22-24-68-36-40-28-44-32-48(56(40)76)61(8,9)65-58(63)60(6,7)47-31-43(79-51(71)15-19-63)27-39(55(47)75)35-67-23-25-69-37-41-29-45(33-49(57(41)77)62(65,10)11)81-53(73)17-21-64(65,13-2)20-16-52(72)80-44/h26-37,58,74-77H,12-25H2,1-11H3. The molecule has 0 aromatic heterocycles. The van der Waals surface area contributed by atoms with Crippen molar-refractivity contribution < 1.29 is 58.6 Å². The minimum atomic E-state index is -1.53. The fourth-order valence-corrected chi connectivity index (χ4v) is 15.8. The largest absolute Gasteiger partial charge is 0.507 e. The molecule has 5 aliphatic rings. The molecule has 5 aliphatic heterocycles. The van der Waals surface area contributed by atoms with Gasteiger partial charge in [0.05, 0.1) is 26.2 Å². The van der Waals surface area contributed by atoms with Crippen LogP contribution in [-0.2, 0) is 40.8 Å². The Kier molecular flexibility index (Phi) is 15.5. The van der Waals surface area contributed by atoms with Gasteiger partial charge in [-0.15, -0.1) is 0 Å². The molecule has 13 bridgehead atoms. The minimum absolute atomic E-state index is 0.0193. The quantitative estimate of drug-likeness (QED) is 0.108. The third-order valence-electron chi connectivity index (χ3n) is 19.1. The molecule has 16 nitrogen and oxygen atoms in total. The summed E-state index contributed by atoms with van der Waals surface area (Å²) in [6.45, 7) is 22.9. The zero-order valence-corrected chi connectivity index (χ0v) is 48.7. The van der Waals surface area contributed by atoms with Crippen LogP contribution in [0.3, 0.4) is 0 Å². The summed E-state index contributed by atoms with van der Waals surface area (Å²) in [7, 11) is 0. The number of fused-ring (bicyclic) bond motifs is 8. The van der Waals surface area contributed by atoms with Crippen LogP contribution in [0.15, 0.2) is 68.5 Å². The average Bonchev–Trinajstić information content (AvgIpc) is 1.93. The van der Waals surface area contributed by atoms with E-state index < -0.39 is 67.7 Å². The highest BCUT2D eigenvalue weighted by atomic mass is 16.5. The zero-order valence-electron chi connectivity index (χ0n) is 48.7. The summed E-state index contributed by atoms with van der Waals surface area (Å²) >= 11 is 0. The van der Waals surface area contributed by atoms with Crippen molar-refractivity contribution in [3.05, 3.63) is 93.0 Å². The first-order valence-corrected chi connectivity index (χ1v) is 28.5. The summed E-state index contributed by atoms with van der Waals surface area (Å²) in [5, 5.41) is 51.5. The van der Waals surface area contributed by atoms with E-state index in [1.54, 1.807) is 48.5 Å². The number of nitrogens with zero attached hydrogens (tertiary/aromatic N) is 4. The molecule has 0 saturated carbocycles. The van der Waals surface area contributed by atoms with E-state index in [0.717, 1.165) is 0 Å². The summed E-state index contributed by atoms with van der Waals surface area (Å²) in [4.78, 5) is 78.2. The highest BCUT2D eigenvalue weighted by Gasteiger charge is 2.75. The molecule has 4 aromatic carbocycles. The molecule has 4 atom stereocenters. The first-order valence-electron chi connectivity index (χ1n) is 28.5. The van der Waals surface area contributed by atoms with Gasteiger partial charge in [0.15, 0.2) is 0 Å². The van der Waals surface area contributed by atoms with E-state index in [9.17, 15) is 34.8 Å². The highest BCUT2D eigenvalue weighted by Crippen LogP contribution is 2.78. The SMILES string of the molecule is CCC12CCC(=O)Oc3cc(c(O)c(C(C)(C)C)c3)C=NCCN=Cc3cc4cc(c3O)C(C)(C)C35C1C(C)(C)c1cc(cc(c1O)C=NCCN=Cc1cc(cc(c1O)C3(C)C)OC(=O)CCC5(CC)CCC(=O)O4)OC(=O)CC2. The molecule has 0 saturated heterocycles. The summed E-state index contributed by atoms with van der Waals surface area (Å²) in [5.74, 6) is -2.96. The van der Waals surface area contributed by atoms with E-state index in [-0.39, 0.29) is 140 Å². The van der Waals surface area contributed by atoms with Crippen LogP contribution in [0.1, 0.15) is 185 Å². The monoisotopic (exact) mass is 1110 g/mol. The summed E-state index contributed by atoms with van der Waals surface area (Å²) in [5.41, 5.74) is -5.92. The minimum Gasteiger partial charge on any atom is -0.507 e. The maximum absolute atomic E-state index is 15.1. The molecule has 81 heavy (non-hydrogen) atoms. The molecule has 0 radical (unpaired) electrons. The number of aromatic hydroxyl groups is 4. The highest BCUT2D eigenvalue weighted by molar-refractivity contribution is 5.89. The first-order chi connectivity index (χ1) is 38.2. The Morgan fingerprint density at radius 3 is 1.16 bits per heavy atom. The molecule has 4 unspecified atom stereocenters. The number of carbonyl (C=O) groups excluding carboxylic acids is 4. The van der Waals surface area contributed by atoms with Crippen LogP contribution in [0.4, 0.5) is 0 Å². The number of esters is 4. The van der Waals surface area contributed by atoms with E-state index in [4.69, 9.17) is 28.9 Å². The second-order valence-corrected chi connectivity index (χ2v) is 25.5. The first kappa shape index (κ1) is 58.3. The van der Waals surface area contributed by atoms with Gasteiger partial charge in [0.1, 0.15) is 46.0 Å². The fourth-order valence-electron chi connectivity index (χ4n) is 15.8. The molecule has 0 fully saturated rings. The van der Waals surface area contributed by atoms with Crippen molar-refractivity contribution in [3.63, 3.8) is 0 Å². The predicted octanol–water partition coefficient (Wildman–Crippen LogP) is 11.6. The normalized spacial score (nSPS) is 25.5. The third kappa shape index (κ3) is 10.1. The van der Waals surface area contributed by atoms with Crippen molar-refractivity contribution in [2.24, 2.45) is 42.1 Å². The van der Waals surface area contributed by atoms with Gasteiger partial charge in [-0.1, -0.05) is 82.6 Å². The lowest BCUT2D eigenvalue weighted by Crippen LogP contribution is -2.72. The van der Waals surface area contributed by atoms with Crippen molar-refractivity contribution in [1.82, 2.24) is 0 Å². The maximum Gasteiger partial charge on any atom is 0.311 e. The number of ether oxygens (including phenoxy) is 4. The Morgan fingerprint density at radius 1 is 0.469 bits per heavy atom. The number of rotatable bonds is 2. The summed E-state index contributed by atoms with van der Waals surface area (Å²) in [6, 6.07) is 13.1. The lowest BCUT2D eigenvalue weighted by molar-refractivity contribution is -0.212. The van der Waals surface area contributed by atoms with Crippen molar-refractivity contribution in [1.29, 1.82) is 0 Å². The van der Waals surface area contributed by atoms with Crippen LogP contribution in [0.25, 0.3) is 0 Å². The number of carbonyl (C=O) groups is 4. The molecule has 4 aromatic rings. The fraction of sp³-hybridized carbons (Fsp3) is 0.508. The lowest BCUT2D eigenvalue weighted by Gasteiger charge is -2.74. The second-order valence-electron chi connectivity index (χ2n) is 25.5. The van der Waals surface area contributed by atoms with Crippen LogP contribution >= 0.6 is 0 Å². The van der Waals surface area contributed by atoms with Crippen LogP contribution in [0.5, 0.6) is 46.0 Å². The van der Waals surface area contributed by atoms with Gasteiger partial charge in [-0.3, -0.25) is 39.1 Å². The van der Waals surface area contributed by atoms with Crippen molar-refractivity contribution in [3.8, 4) is 46.0 Å². The van der Waals surface area contributed by atoms with Crippen LogP contribution in [-0.4, -0.2) is 95.3 Å². The van der Waals surface area contributed by atoms with Crippen LogP contribution < -0.4 is 18.9 Å². The van der Waals surface area contributed by atoms with E-state index in [1.165, 1.54) is 24.9 Å². The molecule has 5 heterocycles. The van der Waals surface area contributed by atoms with Gasteiger partial charge in [-0.2, -0.15) is 0 Å². The maximum atomic E-state index is 15.1. The molecular formula is C65H78N4O12. The number of phenolic OH excluding ortho intramolecular Hbond substituents is 4. The van der Waals surface area contributed by atoms with Crippen LogP contribution in [0, 0.1) is 22.2 Å². The third-order valence-corrected chi connectivity index (χ3v) is 19.1. The van der Waals surface area contributed by atoms with Crippen molar-refractivity contribution in [2.75, 3.05) is 26.2 Å². The molecule has 4 N–H and O–H groups in total. The topological polar surface area (TPSA) is 236 Å². The average molecular weight is 1110 g/mol. The zero-order chi connectivity index (χ0) is 58.7. The molecule has 9 rings (SSSR count). The van der Waals surface area contributed by atoms with Gasteiger partial charge in [-0.05, 0) is 114 Å². The Morgan fingerprint density at radius 2 is 0.802 bits per heavy atom. The number of phenols is 4. The lowest BCUT2D eigenvalue weighted by atomic mass is 9.28. The smallest absolute Gasteiger partial charge is 0.311 e. The molecule has 1 spiro atoms. The van der Waals surface area contributed by atoms with Gasteiger partial charge in [0.2, 0.25) is 0 Å². The Labute approximate surface area is 474 Å². The number of hydrogen-bond donors (Lipinski definition) is 4. The Bertz CT molecular complexity index is 3320. The summed E-state index contributed by atoms with van der Waals surface area (Å²) in [6.07, 6.45) is 6.50. The van der Waals surface area contributed by atoms with E-state index in [0.29, 0.717) is 40.7 Å². The van der Waals surface area contributed by atoms with Crippen molar-refractivity contribution in [2.45, 2.75) is 162 Å². The molecule has 16 heteroatoms. The van der Waals surface area contributed by atoms with Crippen LogP contribution in [0.2, 0.25) is 0 Å². The Balaban J connectivity index is 1.53. The van der Waals surface area contributed by atoms with Gasteiger partial charge in [0, 0.05) is 106 Å². The molecular weight excluding hydrogens is 1030 g/mol. The van der Waals surface area contributed by atoms with Gasteiger partial charge < -0.3 is 39.4 Å².